The van der Waals surface area contributed by atoms with Crippen LogP contribution in [0, 0.1) is 11.6 Å². The minimum Gasteiger partial charge on any atom is -0.452 e. The van der Waals surface area contributed by atoms with Crippen molar-refractivity contribution < 1.29 is 18.3 Å². The number of nitrogens with zero attached hydrogens (tertiary/aromatic N) is 6. The van der Waals surface area contributed by atoms with E-state index in [1.54, 1.807) is 24.5 Å². The van der Waals surface area contributed by atoms with Crippen molar-refractivity contribution in [1.82, 2.24) is 24.7 Å². The van der Waals surface area contributed by atoms with E-state index in [0.717, 1.165) is 22.6 Å². The highest BCUT2D eigenvalue weighted by Crippen LogP contribution is 2.33. The number of amides is 1. The summed E-state index contributed by atoms with van der Waals surface area (Å²) in [5.74, 6) is -1.91. The molecule has 0 saturated carbocycles. The number of carbonyl (C=O) groups is 1. The summed E-state index contributed by atoms with van der Waals surface area (Å²) in [6.45, 7) is 0.168. The van der Waals surface area contributed by atoms with Gasteiger partial charge in [0, 0.05) is 30.9 Å². The molecule has 1 amide bonds. The molecular formula is C20H18F2N8O2. The first kappa shape index (κ1) is 20.9. The number of halogens is 2. The third-order valence-corrected chi connectivity index (χ3v) is 4.75. The van der Waals surface area contributed by atoms with Gasteiger partial charge in [-0.05, 0) is 17.7 Å². The van der Waals surface area contributed by atoms with Gasteiger partial charge in [-0.25, -0.2) is 23.5 Å². The Labute approximate surface area is 180 Å². The molecule has 0 unspecified atom stereocenters. The lowest BCUT2D eigenvalue weighted by Crippen LogP contribution is -2.28. The molecule has 0 aliphatic heterocycles. The zero-order chi connectivity index (χ0) is 23.0. The van der Waals surface area contributed by atoms with Crippen LogP contribution >= 0.6 is 0 Å². The molecule has 4 rings (SSSR count). The maximum atomic E-state index is 14.7. The van der Waals surface area contributed by atoms with E-state index in [1.807, 2.05) is 0 Å². The smallest absolute Gasteiger partial charge is 0.413 e. The summed E-state index contributed by atoms with van der Waals surface area (Å²) in [5, 5.41) is 4.54. The molecule has 0 bridgehead atoms. The van der Waals surface area contributed by atoms with E-state index in [9.17, 15) is 13.6 Å². The van der Waals surface area contributed by atoms with Crippen molar-refractivity contribution in [1.29, 1.82) is 0 Å². The van der Waals surface area contributed by atoms with E-state index in [2.05, 4.69) is 24.8 Å². The molecule has 0 saturated heterocycles. The number of benzene rings is 1. The zero-order valence-corrected chi connectivity index (χ0v) is 17.1. The predicted octanol–water partition coefficient (Wildman–Crippen LogP) is 2.58. The summed E-state index contributed by atoms with van der Waals surface area (Å²) in [6, 6.07) is 5.43. The van der Waals surface area contributed by atoms with E-state index >= 15 is 0 Å². The number of hydrogen-bond acceptors (Lipinski definition) is 8. The fraction of sp³-hybridized carbons (Fsp3) is 0.150. The Kier molecular flexibility index (Phi) is 5.26. The highest BCUT2D eigenvalue weighted by atomic mass is 19.1. The Morgan fingerprint density at radius 1 is 1.22 bits per heavy atom. The fourth-order valence-electron chi connectivity index (χ4n) is 3.35. The Balaban J connectivity index is 1.89. The number of aromatic nitrogens is 5. The maximum Gasteiger partial charge on any atom is 0.413 e. The van der Waals surface area contributed by atoms with Crippen LogP contribution < -0.4 is 16.4 Å². The van der Waals surface area contributed by atoms with E-state index < -0.39 is 17.7 Å². The molecular weight excluding hydrogens is 422 g/mol. The van der Waals surface area contributed by atoms with Crippen LogP contribution in [0.2, 0.25) is 0 Å². The molecule has 0 fully saturated rings. The first-order valence-corrected chi connectivity index (χ1v) is 9.29. The van der Waals surface area contributed by atoms with Crippen LogP contribution in [0.15, 0.2) is 36.7 Å². The van der Waals surface area contributed by atoms with E-state index in [0.29, 0.717) is 0 Å². The largest absolute Gasteiger partial charge is 0.452 e. The molecule has 1 aromatic carbocycles. The Bertz CT molecular complexity index is 1300. The van der Waals surface area contributed by atoms with Gasteiger partial charge in [0.1, 0.15) is 22.7 Å². The Morgan fingerprint density at radius 3 is 2.56 bits per heavy atom. The molecule has 4 aromatic rings. The van der Waals surface area contributed by atoms with Gasteiger partial charge >= 0.3 is 6.09 Å². The van der Waals surface area contributed by atoms with Crippen LogP contribution in [0.4, 0.5) is 30.9 Å². The summed E-state index contributed by atoms with van der Waals surface area (Å²) in [7, 11) is 2.59. The topological polar surface area (TPSA) is 138 Å². The highest BCUT2D eigenvalue weighted by Gasteiger charge is 2.24. The van der Waals surface area contributed by atoms with Crippen LogP contribution in [0.1, 0.15) is 5.56 Å². The van der Waals surface area contributed by atoms with E-state index in [-0.39, 0.29) is 46.3 Å². The minimum absolute atomic E-state index is 0.0389. The van der Waals surface area contributed by atoms with Gasteiger partial charge in [0.2, 0.25) is 0 Å². The number of methoxy groups -OCH3 is 1. The Morgan fingerprint density at radius 2 is 1.94 bits per heavy atom. The van der Waals surface area contributed by atoms with E-state index in [1.165, 1.54) is 18.8 Å². The van der Waals surface area contributed by atoms with Crippen LogP contribution in [-0.4, -0.2) is 45.0 Å². The van der Waals surface area contributed by atoms with Crippen LogP contribution in [0.5, 0.6) is 0 Å². The van der Waals surface area contributed by atoms with Gasteiger partial charge in [-0.2, -0.15) is 5.10 Å². The lowest BCUT2D eigenvalue weighted by atomic mass is 10.2. The summed E-state index contributed by atoms with van der Waals surface area (Å²) >= 11 is 0. The molecule has 0 atom stereocenters. The van der Waals surface area contributed by atoms with Crippen molar-refractivity contribution in [3.05, 3.63) is 53.9 Å². The van der Waals surface area contributed by atoms with Crippen molar-refractivity contribution in [3.63, 3.8) is 0 Å². The van der Waals surface area contributed by atoms with Gasteiger partial charge in [-0.15, -0.1) is 0 Å². The van der Waals surface area contributed by atoms with Crippen molar-refractivity contribution in [3.8, 4) is 11.5 Å². The van der Waals surface area contributed by atoms with Gasteiger partial charge in [0.15, 0.2) is 23.3 Å². The zero-order valence-electron chi connectivity index (χ0n) is 17.1. The number of nitrogens with two attached hydrogens (primary N) is 2. The molecule has 0 radical (unpaired) electrons. The Hall–Kier alpha value is -4.35. The lowest BCUT2D eigenvalue weighted by molar-refractivity contribution is 0.180. The molecule has 3 aromatic heterocycles. The molecule has 164 valence electrons. The third kappa shape index (κ3) is 3.62. The number of nitrogen functional groups attached to an aromatic ring is 2. The van der Waals surface area contributed by atoms with Gasteiger partial charge in [-0.1, -0.05) is 6.07 Å². The SMILES string of the molecule is COC(=O)N(C)c1c(N)nc(-c2nn(Cc3cccnc3)c3c(F)cc(F)cc23)nc1N. The van der Waals surface area contributed by atoms with Crippen LogP contribution in [0.25, 0.3) is 22.4 Å². The van der Waals surface area contributed by atoms with Gasteiger partial charge in [0.25, 0.3) is 0 Å². The monoisotopic (exact) mass is 440 g/mol. The van der Waals surface area contributed by atoms with Crippen LogP contribution in [0.3, 0.4) is 0 Å². The number of anilines is 3. The van der Waals surface area contributed by atoms with Crippen molar-refractivity contribution in [2.24, 2.45) is 0 Å². The molecule has 0 aliphatic rings. The lowest BCUT2D eigenvalue weighted by Gasteiger charge is -2.18. The van der Waals surface area contributed by atoms with Gasteiger partial charge in [-0.3, -0.25) is 14.6 Å². The summed E-state index contributed by atoms with van der Waals surface area (Å²) < 4.78 is 34.8. The minimum atomic E-state index is -0.800. The summed E-state index contributed by atoms with van der Waals surface area (Å²) in [6.07, 6.45) is 2.49. The normalized spacial score (nSPS) is 11.0. The number of ether oxygens (including phenoxy) is 1. The van der Waals surface area contributed by atoms with E-state index in [4.69, 9.17) is 11.5 Å². The molecule has 0 aliphatic carbocycles. The number of hydrogen-bond donors (Lipinski definition) is 2. The first-order chi connectivity index (χ1) is 15.3. The van der Waals surface area contributed by atoms with Crippen molar-refractivity contribution in [2.45, 2.75) is 6.54 Å². The number of rotatable bonds is 4. The number of fused-ring (bicyclic) bond motifs is 1. The van der Waals surface area contributed by atoms with Crippen molar-refractivity contribution in [2.75, 3.05) is 30.5 Å². The molecule has 10 nitrogen and oxygen atoms in total. The molecule has 0 spiro atoms. The van der Waals surface area contributed by atoms with Crippen molar-refractivity contribution >= 4 is 34.3 Å². The molecule has 12 heteroatoms. The highest BCUT2D eigenvalue weighted by molar-refractivity contribution is 5.96. The third-order valence-electron chi connectivity index (χ3n) is 4.75. The number of pyridine rings is 1. The van der Waals surface area contributed by atoms with Crippen LogP contribution in [-0.2, 0) is 11.3 Å². The molecule has 3 heterocycles. The van der Waals surface area contributed by atoms with Gasteiger partial charge < -0.3 is 16.2 Å². The molecule has 4 N–H and O–H groups in total. The second kappa shape index (κ2) is 8.06. The number of carbonyl (C=O) groups excluding carboxylic acids is 1. The second-order valence-corrected chi connectivity index (χ2v) is 6.85. The fourth-order valence-corrected chi connectivity index (χ4v) is 3.35. The second-order valence-electron chi connectivity index (χ2n) is 6.85. The average Bonchev–Trinajstić information content (AvgIpc) is 3.11. The summed E-state index contributed by atoms with van der Waals surface area (Å²) in [4.78, 5) is 25.3. The predicted molar refractivity (Wildman–Crippen MR) is 114 cm³/mol. The summed E-state index contributed by atoms with van der Waals surface area (Å²) in [5.41, 5.74) is 13.0. The molecule has 32 heavy (non-hydrogen) atoms. The van der Waals surface area contributed by atoms with Gasteiger partial charge in [0.05, 0.1) is 13.7 Å². The first-order valence-electron chi connectivity index (χ1n) is 9.29. The quantitative estimate of drug-likeness (QED) is 0.494. The average molecular weight is 440 g/mol. The standard InChI is InChI=1S/C20H18F2N8O2/c1-29(20(31)32-2)16-17(23)26-19(27-18(16)24)14-12-6-11(21)7-13(22)15(12)30(28-14)9-10-4-3-5-25-8-10/h3-8H,9H2,1-2H3,(H4,23,24,26,27). The maximum absolute atomic E-state index is 14.7.